The molecule has 4 nitrogen and oxygen atoms in total. The molecular weight excluding hydrogens is 155 g/mol. The molecule has 0 aromatic carbocycles. The lowest BCUT2D eigenvalue weighted by Gasteiger charge is -1.95. The van der Waals surface area contributed by atoms with Crippen molar-refractivity contribution in [3.63, 3.8) is 0 Å². The average molecular weight is 162 g/mol. The minimum absolute atomic E-state index is 0.320. The molecule has 1 unspecified atom stereocenters. The molecule has 0 rings (SSSR count). The first-order chi connectivity index (χ1) is 4.95. The van der Waals surface area contributed by atoms with Gasteiger partial charge in [-0.05, 0) is 13.0 Å². The molecule has 0 heterocycles. The maximum Gasteiger partial charge on any atom is 0.342 e. The highest BCUT2D eigenvalue weighted by Crippen LogP contribution is 1.99. The standard InChI is InChI=1S/C6H7FO4/c1-3(5(8)9)2-4(7)6(10)11/h2,4H,1H3,(H,8,9)(H,10,11). The van der Waals surface area contributed by atoms with Crippen LogP contribution in [0, 0.1) is 0 Å². The fraction of sp³-hybridized carbons (Fsp3) is 0.333. The lowest BCUT2D eigenvalue weighted by Crippen LogP contribution is -2.13. The van der Waals surface area contributed by atoms with E-state index in [0.29, 0.717) is 6.08 Å². The third-order valence-corrected chi connectivity index (χ3v) is 0.970. The van der Waals surface area contributed by atoms with E-state index in [1.54, 1.807) is 0 Å². The highest BCUT2D eigenvalue weighted by molar-refractivity contribution is 5.87. The summed E-state index contributed by atoms with van der Waals surface area (Å²) in [4.78, 5) is 19.9. The zero-order valence-electron chi connectivity index (χ0n) is 5.74. The summed E-state index contributed by atoms with van der Waals surface area (Å²) in [5.41, 5.74) is -0.320. The highest BCUT2D eigenvalue weighted by Gasteiger charge is 2.13. The van der Waals surface area contributed by atoms with Gasteiger partial charge in [-0.3, -0.25) is 0 Å². The molecule has 0 aliphatic heterocycles. The second-order valence-electron chi connectivity index (χ2n) is 1.89. The first kappa shape index (κ1) is 9.61. The van der Waals surface area contributed by atoms with E-state index in [0.717, 1.165) is 6.92 Å². The molecule has 62 valence electrons. The van der Waals surface area contributed by atoms with Crippen LogP contribution < -0.4 is 0 Å². The van der Waals surface area contributed by atoms with Crippen LogP contribution in [-0.4, -0.2) is 28.3 Å². The maximum absolute atomic E-state index is 12.2. The van der Waals surface area contributed by atoms with Crippen molar-refractivity contribution in [2.45, 2.75) is 13.1 Å². The molecule has 11 heavy (non-hydrogen) atoms. The van der Waals surface area contributed by atoms with Crippen LogP contribution in [0.3, 0.4) is 0 Å². The van der Waals surface area contributed by atoms with E-state index >= 15 is 0 Å². The third-order valence-electron chi connectivity index (χ3n) is 0.970. The summed E-state index contributed by atoms with van der Waals surface area (Å²) in [7, 11) is 0. The fourth-order valence-electron chi connectivity index (χ4n) is 0.362. The number of hydrogen-bond donors (Lipinski definition) is 2. The third kappa shape index (κ3) is 3.34. The van der Waals surface area contributed by atoms with Crippen LogP contribution in [0.5, 0.6) is 0 Å². The van der Waals surface area contributed by atoms with Crippen molar-refractivity contribution in [3.8, 4) is 0 Å². The predicted molar refractivity (Wildman–Crippen MR) is 33.9 cm³/mol. The zero-order chi connectivity index (χ0) is 9.02. The van der Waals surface area contributed by atoms with Crippen LogP contribution in [0.4, 0.5) is 4.39 Å². The van der Waals surface area contributed by atoms with Crippen LogP contribution in [-0.2, 0) is 9.59 Å². The van der Waals surface area contributed by atoms with Crippen molar-refractivity contribution in [1.29, 1.82) is 0 Å². The number of aliphatic carboxylic acids is 2. The van der Waals surface area contributed by atoms with Gasteiger partial charge in [0.05, 0.1) is 0 Å². The first-order valence-electron chi connectivity index (χ1n) is 2.73. The van der Waals surface area contributed by atoms with E-state index in [9.17, 15) is 14.0 Å². The molecule has 0 saturated carbocycles. The molecule has 0 spiro atoms. The number of hydrogen-bond acceptors (Lipinski definition) is 2. The molecular formula is C6H7FO4. The summed E-state index contributed by atoms with van der Waals surface area (Å²) in [6, 6.07) is 0. The Morgan fingerprint density at radius 1 is 1.45 bits per heavy atom. The molecule has 0 amide bonds. The minimum Gasteiger partial charge on any atom is -0.479 e. The SMILES string of the molecule is CC(=CC(F)C(=O)O)C(=O)O. The number of carboxylic acid groups (broad SMARTS) is 2. The number of alkyl halides is 1. The average Bonchev–Trinajstić information content (AvgIpc) is 1.87. The zero-order valence-corrected chi connectivity index (χ0v) is 5.74. The number of carboxylic acids is 2. The first-order valence-corrected chi connectivity index (χ1v) is 2.73. The highest BCUT2D eigenvalue weighted by atomic mass is 19.1. The Hall–Kier alpha value is -1.39. The smallest absolute Gasteiger partial charge is 0.342 e. The van der Waals surface area contributed by atoms with Gasteiger partial charge in [-0.2, -0.15) is 0 Å². The van der Waals surface area contributed by atoms with Crippen molar-refractivity contribution in [1.82, 2.24) is 0 Å². The van der Waals surface area contributed by atoms with E-state index < -0.39 is 18.1 Å². The summed E-state index contributed by atoms with van der Waals surface area (Å²) < 4.78 is 12.2. The van der Waals surface area contributed by atoms with E-state index in [4.69, 9.17) is 10.2 Å². The molecule has 0 aromatic heterocycles. The second-order valence-corrected chi connectivity index (χ2v) is 1.89. The quantitative estimate of drug-likeness (QED) is 0.590. The van der Waals surface area contributed by atoms with Gasteiger partial charge in [-0.1, -0.05) is 0 Å². The van der Waals surface area contributed by atoms with E-state index in [2.05, 4.69) is 0 Å². The lowest BCUT2D eigenvalue weighted by atomic mass is 10.2. The minimum atomic E-state index is -2.24. The predicted octanol–water partition coefficient (Wildman–Crippen LogP) is 0.440. The summed E-state index contributed by atoms with van der Waals surface area (Å²) in [5.74, 6) is -3.01. The van der Waals surface area contributed by atoms with Gasteiger partial charge in [0.15, 0.2) is 0 Å². The molecule has 0 radical (unpaired) electrons. The number of halogens is 1. The van der Waals surface area contributed by atoms with Crippen LogP contribution in [0.2, 0.25) is 0 Å². The van der Waals surface area contributed by atoms with Gasteiger partial charge in [0.25, 0.3) is 0 Å². The molecule has 0 bridgehead atoms. The largest absolute Gasteiger partial charge is 0.479 e. The summed E-state index contributed by atoms with van der Waals surface area (Å²) >= 11 is 0. The van der Waals surface area contributed by atoms with Crippen LogP contribution in [0.15, 0.2) is 11.6 Å². The monoisotopic (exact) mass is 162 g/mol. The molecule has 0 aromatic rings. The lowest BCUT2D eigenvalue weighted by molar-refractivity contribution is -0.140. The molecule has 0 saturated heterocycles. The van der Waals surface area contributed by atoms with Crippen molar-refractivity contribution >= 4 is 11.9 Å². The van der Waals surface area contributed by atoms with Crippen LogP contribution in [0.1, 0.15) is 6.92 Å². The molecule has 0 aliphatic carbocycles. The normalized spacial score (nSPS) is 14.2. The summed E-state index contributed by atoms with van der Waals surface area (Å²) in [6.07, 6.45) is -1.71. The van der Waals surface area contributed by atoms with Gasteiger partial charge >= 0.3 is 11.9 Å². The van der Waals surface area contributed by atoms with E-state index in [-0.39, 0.29) is 5.57 Å². The Kier molecular flexibility index (Phi) is 3.23. The van der Waals surface area contributed by atoms with Gasteiger partial charge < -0.3 is 10.2 Å². The molecule has 0 fully saturated rings. The van der Waals surface area contributed by atoms with Gasteiger partial charge in [0.1, 0.15) is 0 Å². The van der Waals surface area contributed by atoms with Crippen molar-refractivity contribution in [3.05, 3.63) is 11.6 Å². The second kappa shape index (κ2) is 3.70. The maximum atomic E-state index is 12.2. The summed E-state index contributed by atoms with van der Waals surface area (Å²) in [6.45, 7) is 1.12. The number of carbonyl (C=O) groups is 2. The Balaban J connectivity index is 4.31. The number of rotatable bonds is 3. The van der Waals surface area contributed by atoms with Crippen molar-refractivity contribution in [2.24, 2.45) is 0 Å². The Morgan fingerprint density at radius 3 is 2.18 bits per heavy atom. The van der Waals surface area contributed by atoms with E-state index in [1.807, 2.05) is 0 Å². The molecule has 2 N–H and O–H groups in total. The van der Waals surface area contributed by atoms with Crippen molar-refractivity contribution in [2.75, 3.05) is 0 Å². The Labute approximate surface area is 62.0 Å². The van der Waals surface area contributed by atoms with Crippen LogP contribution in [0.25, 0.3) is 0 Å². The molecule has 0 aliphatic rings. The molecule has 5 heteroatoms. The van der Waals surface area contributed by atoms with Gasteiger partial charge in [-0.15, -0.1) is 0 Å². The van der Waals surface area contributed by atoms with Gasteiger partial charge in [-0.25, -0.2) is 14.0 Å². The Morgan fingerprint density at radius 2 is 1.91 bits per heavy atom. The van der Waals surface area contributed by atoms with Crippen molar-refractivity contribution < 1.29 is 24.2 Å². The topological polar surface area (TPSA) is 74.6 Å². The summed E-state index contributed by atoms with van der Waals surface area (Å²) in [5, 5.41) is 16.2. The van der Waals surface area contributed by atoms with E-state index in [1.165, 1.54) is 0 Å². The van der Waals surface area contributed by atoms with Gasteiger partial charge in [0.2, 0.25) is 6.17 Å². The molecule has 1 atom stereocenters. The van der Waals surface area contributed by atoms with Crippen LogP contribution >= 0.6 is 0 Å². The van der Waals surface area contributed by atoms with Gasteiger partial charge in [0, 0.05) is 5.57 Å². The Bertz CT molecular complexity index is 209. The fourth-order valence-corrected chi connectivity index (χ4v) is 0.362.